The minimum atomic E-state index is -5.80. The molecule has 688 valence electrons. The molecule has 10 N–H and O–H groups in total. The molecule has 18 atom stereocenters. The molecule has 2 heterocycles. The average molecular weight is 1690 g/mol. The van der Waals surface area contributed by atoms with Crippen molar-refractivity contribution >= 4 is 31.7 Å². The summed E-state index contributed by atoms with van der Waals surface area (Å²) in [5.41, 5.74) is 0. The molecule has 0 spiro atoms. The molecular weight excluding hydrogens is 1520 g/mol. The maximum Gasteiger partial charge on any atom is 0.472 e. The van der Waals surface area contributed by atoms with Crippen LogP contribution in [0.15, 0.2) is 12.2 Å². The van der Waals surface area contributed by atoms with Gasteiger partial charge in [-0.2, -0.15) is 0 Å². The SMILES string of the molecule is CCCCCC/C=C\CCCCCCCCCC(=O)OC(COC(=O)CCCCCCCCCCCCCCC)COP(=O)(O)OC1C(OC2OC(CO)C(O)C(O)C2O)C(O)C(O)C(OC(=O)CCCCCCCCCCCCCCCCC)C1OC1OC(COC(=O)CCCCCCCCCCCCCCCCC)C(O)C(O)C1O. The molecule has 0 aromatic heterocycles. The van der Waals surface area contributed by atoms with Crippen LogP contribution in [0.1, 0.15) is 413 Å². The molecule has 26 heteroatoms. The maximum atomic E-state index is 14.9. The van der Waals surface area contributed by atoms with Gasteiger partial charge in [-0.15, -0.1) is 0 Å². The van der Waals surface area contributed by atoms with E-state index in [2.05, 4.69) is 39.8 Å². The van der Waals surface area contributed by atoms with Crippen molar-refractivity contribution in [3.63, 3.8) is 0 Å². The standard InChI is InChI=1S/C91H169O25P/c1-5-9-13-17-21-25-29-33-36-40-44-48-52-56-60-64-75(94)108-70-73-79(98)81(100)85(104)91(112-73)115-88-86(113-77(96)66-62-58-54-50-46-42-38-35-31-27-23-19-15-11-7-3)82(101)83(102)87(114-90-84(103)80(99)78(97)72(67-92)111-90)89(88)116-117(105,106)109-69-71(68-107-74(93)63-59-55-51-47-43-39-32-28-24-20-16-12-8-4)110-76(95)65-61-57-53-49-45-41-37-34-30-26-22-18-14-10-6-2/h26,30,71-73,78-92,97-104H,5-25,27-29,31-70H2,1-4H3,(H,105,106)/b30-26-. The monoisotopic (exact) mass is 1690 g/mol. The van der Waals surface area contributed by atoms with E-state index in [-0.39, 0.29) is 25.7 Å². The molecule has 3 fully saturated rings. The van der Waals surface area contributed by atoms with E-state index in [1.165, 1.54) is 180 Å². The number of phosphoric ester groups is 1. The Hall–Kier alpha value is -2.79. The molecule has 25 nitrogen and oxygen atoms in total. The fraction of sp³-hybridized carbons (Fsp3) is 0.934. The highest BCUT2D eigenvalue weighted by Gasteiger charge is 2.60. The van der Waals surface area contributed by atoms with Crippen molar-refractivity contribution < 1.29 is 122 Å². The quantitative estimate of drug-likeness (QED) is 0.00889. The number of ether oxygens (including phenoxy) is 8. The van der Waals surface area contributed by atoms with Gasteiger partial charge in [0.2, 0.25) is 0 Å². The molecule has 18 unspecified atom stereocenters. The van der Waals surface area contributed by atoms with Crippen LogP contribution in [0.25, 0.3) is 0 Å². The zero-order chi connectivity index (χ0) is 85.4. The van der Waals surface area contributed by atoms with E-state index in [1.54, 1.807) is 0 Å². The van der Waals surface area contributed by atoms with Gasteiger partial charge < -0.3 is 88.7 Å². The van der Waals surface area contributed by atoms with Crippen molar-refractivity contribution in [1.29, 1.82) is 0 Å². The van der Waals surface area contributed by atoms with Gasteiger partial charge in [0.1, 0.15) is 92.6 Å². The number of allylic oxidation sites excluding steroid dienone is 2. The average Bonchev–Trinajstić information content (AvgIpc) is 0.754. The molecule has 1 aliphatic carbocycles. The van der Waals surface area contributed by atoms with Gasteiger partial charge in [-0.05, 0) is 51.4 Å². The second-order valence-corrected chi connectivity index (χ2v) is 35.3. The highest BCUT2D eigenvalue weighted by atomic mass is 31.2. The summed E-state index contributed by atoms with van der Waals surface area (Å²) in [6, 6.07) is 0. The Morgan fingerprint density at radius 1 is 0.333 bits per heavy atom. The van der Waals surface area contributed by atoms with Gasteiger partial charge in [0, 0.05) is 25.7 Å². The molecule has 0 aromatic rings. The summed E-state index contributed by atoms with van der Waals surface area (Å²) in [6.45, 7) is 5.61. The summed E-state index contributed by atoms with van der Waals surface area (Å²) in [5.74, 6) is -2.95. The maximum absolute atomic E-state index is 14.9. The van der Waals surface area contributed by atoms with Crippen LogP contribution < -0.4 is 0 Å². The molecule has 0 radical (unpaired) electrons. The summed E-state index contributed by atoms with van der Waals surface area (Å²) in [5, 5.41) is 102. The lowest BCUT2D eigenvalue weighted by atomic mass is 9.84. The lowest BCUT2D eigenvalue weighted by Gasteiger charge is -2.50. The third kappa shape index (κ3) is 50.7. The lowest BCUT2D eigenvalue weighted by molar-refractivity contribution is -0.360. The van der Waals surface area contributed by atoms with E-state index >= 15 is 0 Å². The minimum Gasteiger partial charge on any atom is -0.463 e. The molecule has 0 aromatic carbocycles. The first kappa shape index (κ1) is 108. The second kappa shape index (κ2) is 70.5. The minimum absolute atomic E-state index is 0.0190. The van der Waals surface area contributed by atoms with Crippen molar-refractivity contribution in [3.8, 4) is 0 Å². The number of aliphatic hydroxyl groups excluding tert-OH is 9. The number of phosphoric acid groups is 1. The second-order valence-electron chi connectivity index (χ2n) is 33.9. The van der Waals surface area contributed by atoms with E-state index < -0.39 is 162 Å². The normalized spacial score (nSPS) is 25.0. The molecule has 117 heavy (non-hydrogen) atoms. The van der Waals surface area contributed by atoms with E-state index in [0.717, 1.165) is 141 Å². The van der Waals surface area contributed by atoms with E-state index in [9.17, 15) is 74.6 Å². The molecule has 0 amide bonds. The third-order valence-corrected chi connectivity index (χ3v) is 24.3. The summed E-state index contributed by atoms with van der Waals surface area (Å²) in [4.78, 5) is 66.5. The Morgan fingerprint density at radius 2 is 0.641 bits per heavy atom. The number of carbonyl (C=O) groups is 4. The molecule has 3 rings (SSSR count). The van der Waals surface area contributed by atoms with Crippen LogP contribution >= 0.6 is 7.82 Å². The van der Waals surface area contributed by atoms with Gasteiger partial charge in [0.05, 0.1) is 13.2 Å². The van der Waals surface area contributed by atoms with E-state index in [0.29, 0.717) is 38.5 Å². The Kier molecular flexibility index (Phi) is 65.3. The number of unbranched alkanes of at least 4 members (excludes halogenated alkanes) is 51. The van der Waals surface area contributed by atoms with Crippen molar-refractivity contribution in [2.75, 3.05) is 26.4 Å². The van der Waals surface area contributed by atoms with Gasteiger partial charge >= 0.3 is 31.7 Å². The molecule has 2 aliphatic heterocycles. The third-order valence-electron chi connectivity index (χ3n) is 23.3. The molecule has 3 aliphatic rings. The smallest absolute Gasteiger partial charge is 0.463 e. The van der Waals surface area contributed by atoms with Gasteiger partial charge in [-0.25, -0.2) is 4.57 Å². The Morgan fingerprint density at radius 3 is 1.03 bits per heavy atom. The Bertz CT molecular complexity index is 2480. The van der Waals surface area contributed by atoms with Crippen LogP contribution in [0.2, 0.25) is 0 Å². The van der Waals surface area contributed by atoms with Gasteiger partial charge in [-0.3, -0.25) is 28.2 Å². The van der Waals surface area contributed by atoms with E-state index in [1.807, 2.05) is 0 Å². The molecule has 2 saturated heterocycles. The zero-order valence-corrected chi connectivity index (χ0v) is 74.2. The first-order valence-electron chi connectivity index (χ1n) is 47.4. The first-order chi connectivity index (χ1) is 56.7. The molecular formula is C91H169O25P. The number of carbonyl (C=O) groups excluding carboxylic acids is 4. The van der Waals surface area contributed by atoms with Gasteiger partial charge in [0.15, 0.2) is 24.8 Å². The topological polar surface area (TPSA) is 380 Å². The fourth-order valence-electron chi connectivity index (χ4n) is 15.7. The fourth-order valence-corrected chi connectivity index (χ4v) is 16.7. The van der Waals surface area contributed by atoms with Crippen molar-refractivity contribution in [3.05, 3.63) is 12.2 Å². The van der Waals surface area contributed by atoms with Crippen molar-refractivity contribution in [1.82, 2.24) is 0 Å². The number of rotatable bonds is 77. The first-order valence-corrected chi connectivity index (χ1v) is 48.9. The summed E-state index contributed by atoms with van der Waals surface area (Å²) >= 11 is 0. The molecule has 0 bridgehead atoms. The number of hydrogen-bond acceptors (Lipinski definition) is 24. The molecule has 1 saturated carbocycles. The highest BCUT2D eigenvalue weighted by molar-refractivity contribution is 7.47. The Labute approximate surface area is 705 Å². The van der Waals surface area contributed by atoms with E-state index in [4.69, 9.17) is 46.9 Å². The van der Waals surface area contributed by atoms with Gasteiger partial charge in [-0.1, -0.05) is 348 Å². The Balaban J connectivity index is 1.91. The number of hydrogen-bond donors (Lipinski definition) is 10. The van der Waals surface area contributed by atoms with Crippen LogP contribution in [0.4, 0.5) is 0 Å². The van der Waals surface area contributed by atoms with Crippen molar-refractivity contribution in [2.24, 2.45) is 0 Å². The highest BCUT2D eigenvalue weighted by Crippen LogP contribution is 2.49. The predicted octanol–water partition coefficient (Wildman–Crippen LogP) is 17.6. The van der Waals surface area contributed by atoms with Crippen LogP contribution in [0.3, 0.4) is 0 Å². The zero-order valence-electron chi connectivity index (χ0n) is 73.3. The number of aliphatic hydroxyl groups is 9. The number of esters is 4. The van der Waals surface area contributed by atoms with Crippen LogP contribution in [-0.2, 0) is 70.7 Å². The van der Waals surface area contributed by atoms with Crippen LogP contribution in [-0.4, -0.2) is 205 Å². The van der Waals surface area contributed by atoms with Crippen molar-refractivity contribution in [2.45, 2.75) is 517 Å². The van der Waals surface area contributed by atoms with Crippen LogP contribution in [0.5, 0.6) is 0 Å². The summed E-state index contributed by atoms with van der Waals surface area (Å²) < 4.78 is 73.5. The van der Waals surface area contributed by atoms with Gasteiger partial charge in [0.25, 0.3) is 0 Å². The summed E-state index contributed by atoms with van der Waals surface area (Å²) in [6.07, 6.45) is 29.1. The predicted molar refractivity (Wildman–Crippen MR) is 453 cm³/mol. The van der Waals surface area contributed by atoms with Crippen LogP contribution in [0, 0.1) is 0 Å². The summed E-state index contributed by atoms with van der Waals surface area (Å²) in [7, 11) is -5.80. The largest absolute Gasteiger partial charge is 0.472 e. The lowest BCUT2D eigenvalue weighted by Crippen LogP contribution is -2.70.